The van der Waals surface area contributed by atoms with Crippen molar-refractivity contribution in [2.24, 2.45) is 0 Å². The fraction of sp³-hybridized carbons (Fsp3) is 0.467. The Morgan fingerprint density at radius 2 is 2.48 bits per heavy atom. The Kier molecular flexibility index (Phi) is 4.70. The lowest BCUT2D eigenvalue weighted by Crippen LogP contribution is -2.48. The number of hydrogen-bond donors (Lipinski definition) is 1. The van der Waals surface area contributed by atoms with Gasteiger partial charge in [-0.3, -0.25) is 4.79 Å². The number of ether oxygens (including phenoxy) is 1. The molecule has 0 aliphatic carbocycles. The van der Waals surface area contributed by atoms with Crippen molar-refractivity contribution in [3.8, 4) is 5.88 Å². The van der Waals surface area contributed by atoms with E-state index in [1.165, 1.54) is 6.07 Å². The first-order valence-electron chi connectivity index (χ1n) is 7.69. The number of rotatable bonds is 5. The van der Waals surface area contributed by atoms with Crippen LogP contribution in [0.2, 0.25) is 0 Å². The van der Waals surface area contributed by atoms with Gasteiger partial charge < -0.3 is 19.5 Å². The zero-order chi connectivity index (χ0) is 16.1. The van der Waals surface area contributed by atoms with Crippen molar-refractivity contribution in [1.29, 1.82) is 0 Å². The number of aromatic nitrogens is 3. The first kappa shape index (κ1) is 15.3. The molecule has 0 spiro atoms. The third kappa shape index (κ3) is 3.77. The summed E-state index contributed by atoms with van der Waals surface area (Å²) in [5.41, 5.74) is 0. The molecule has 1 unspecified atom stereocenters. The Morgan fingerprint density at radius 3 is 3.26 bits per heavy atom. The van der Waals surface area contributed by atoms with Crippen LogP contribution in [0.5, 0.6) is 5.88 Å². The second kappa shape index (κ2) is 7.08. The van der Waals surface area contributed by atoms with Gasteiger partial charge in [0.05, 0.1) is 12.7 Å². The number of amides is 1. The summed E-state index contributed by atoms with van der Waals surface area (Å²) >= 11 is 0. The molecule has 0 saturated carbocycles. The molecule has 23 heavy (non-hydrogen) atoms. The SMILES string of the molecule is CCOc1cc(C(=O)NC2CCCN(c3cccnn3)C2)on1. The van der Waals surface area contributed by atoms with Crippen molar-refractivity contribution in [2.45, 2.75) is 25.8 Å². The van der Waals surface area contributed by atoms with E-state index in [1.807, 2.05) is 19.1 Å². The summed E-state index contributed by atoms with van der Waals surface area (Å²) in [5, 5.41) is 14.7. The Hall–Kier alpha value is -2.64. The molecule has 1 atom stereocenters. The molecule has 1 aliphatic rings. The number of nitrogens with zero attached hydrogens (tertiary/aromatic N) is 4. The van der Waals surface area contributed by atoms with Crippen LogP contribution in [0.1, 0.15) is 30.3 Å². The Labute approximate surface area is 133 Å². The van der Waals surface area contributed by atoms with Gasteiger partial charge in [-0.25, -0.2) is 0 Å². The summed E-state index contributed by atoms with van der Waals surface area (Å²) in [6, 6.07) is 5.30. The summed E-state index contributed by atoms with van der Waals surface area (Å²) in [5.74, 6) is 1.02. The zero-order valence-electron chi connectivity index (χ0n) is 12.9. The second-order valence-corrected chi connectivity index (χ2v) is 5.30. The molecule has 1 amide bonds. The molecule has 0 radical (unpaired) electrons. The molecule has 1 N–H and O–H groups in total. The predicted octanol–water partition coefficient (Wildman–Crippen LogP) is 1.26. The Morgan fingerprint density at radius 1 is 1.57 bits per heavy atom. The topological polar surface area (TPSA) is 93.4 Å². The molecule has 1 aliphatic heterocycles. The minimum absolute atomic E-state index is 0.0268. The molecular formula is C15H19N5O3. The molecule has 3 rings (SSSR count). The van der Waals surface area contributed by atoms with Gasteiger partial charge in [-0.1, -0.05) is 0 Å². The van der Waals surface area contributed by atoms with Crippen LogP contribution in [0.4, 0.5) is 5.82 Å². The van der Waals surface area contributed by atoms with E-state index in [4.69, 9.17) is 9.26 Å². The zero-order valence-corrected chi connectivity index (χ0v) is 12.9. The van der Waals surface area contributed by atoms with E-state index in [0.29, 0.717) is 19.0 Å². The largest absolute Gasteiger partial charge is 0.476 e. The summed E-state index contributed by atoms with van der Waals surface area (Å²) in [6.45, 7) is 3.92. The minimum Gasteiger partial charge on any atom is -0.476 e. The van der Waals surface area contributed by atoms with Crippen molar-refractivity contribution < 1.29 is 14.1 Å². The molecular weight excluding hydrogens is 298 g/mol. The van der Waals surface area contributed by atoms with Crippen molar-refractivity contribution in [2.75, 3.05) is 24.6 Å². The van der Waals surface area contributed by atoms with Crippen LogP contribution < -0.4 is 15.0 Å². The van der Waals surface area contributed by atoms with Crippen molar-refractivity contribution in [3.05, 3.63) is 30.2 Å². The average Bonchev–Trinajstić information content (AvgIpc) is 3.05. The van der Waals surface area contributed by atoms with Crippen LogP contribution in [0.3, 0.4) is 0 Å². The van der Waals surface area contributed by atoms with Crippen LogP contribution in [0.15, 0.2) is 28.9 Å². The third-order valence-electron chi connectivity index (χ3n) is 3.64. The van der Waals surface area contributed by atoms with Gasteiger partial charge in [-0.05, 0) is 37.1 Å². The number of carbonyl (C=O) groups is 1. The summed E-state index contributed by atoms with van der Waals surface area (Å²) in [4.78, 5) is 14.3. The van der Waals surface area contributed by atoms with Crippen LogP contribution in [0, 0.1) is 0 Å². The van der Waals surface area contributed by atoms with Gasteiger partial charge in [0.25, 0.3) is 11.8 Å². The average molecular weight is 317 g/mol. The molecule has 3 heterocycles. The van der Waals surface area contributed by atoms with Gasteiger partial charge in [-0.2, -0.15) is 5.10 Å². The van der Waals surface area contributed by atoms with Crippen molar-refractivity contribution in [3.63, 3.8) is 0 Å². The van der Waals surface area contributed by atoms with Crippen molar-refractivity contribution >= 4 is 11.7 Å². The van der Waals surface area contributed by atoms with Gasteiger partial charge in [0.1, 0.15) is 0 Å². The highest BCUT2D eigenvalue weighted by Crippen LogP contribution is 2.17. The standard InChI is InChI=1S/C15H19N5O3/c1-2-22-14-9-12(23-19-14)15(21)17-11-5-4-8-20(10-11)13-6-3-7-16-18-13/h3,6-7,9,11H,2,4-5,8,10H2,1H3,(H,17,21). The highest BCUT2D eigenvalue weighted by molar-refractivity contribution is 5.91. The Bertz CT molecular complexity index is 646. The van der Waals surface area contributed by atoms with Gasteiger partial charge in [0.15, 0.2) is 5.82 Å². The van der Waals surface area contributed by atoms with Crippen LogP contribution in [-0.2, 0) is 0 Å². The maximum Gasteiger partial charge on any atom is 0.290 e. The van der Waals surface area contributed by atoms with E-state index < -0.39 is 0 Å². The molecule has 2 aromatic rings. The van der Waals surface area contributed by atoms with E-state index >= 15 is 0 Å². The van der Waals surface area contributed by atoms with E-state index in [0.717, 1.165) is 25.2 Å². The highest BCUT2D eigenvalue weighted by atomic mass is 16.5. The summed E-state index contributed by atoms with van der Waals surface area (Å²) in [6.07, 6.45) is 3.53. The maximum absolute atomic E-state index is 12.2. The van der Waals surface area contributed by atoms with Crippen molar-refractivity contribution in [1.82, 2.24) is 20.7 Å². The highest BCUT2D eigenvalue weighted by Gasteiger charge is 2.24. The number of hydrogen-bond acceptors (Lipinski definition) is 7. The first-order valence-corrected chi connectivity index (χ1v) is 7.69. The predicted molar refractivity (Wildman–Crippen MR) is 82.4 cm³/mol. The maximum atomic E-state index is 12.2. The normalized spacial score (nSPS) is 17.8. The second-order valence-electron chi connectivity index (χ2n) is 5.30. The van der Waals surface area contributed by atoms with Crippen LogP contribution in [0.25, 0.3) is 0 Å². The Balaban J connectivity index is 1.59. The molecule has 0 aromatic carbocycles. The number of nitrogens with one attached hydrogen (secondary N) is 1. The molecule has 2 aromatic heterocycles. The summed E-state index contributed by atoms with van der Waals surface area (Å²) in [7, 11) is 0. The fourth-order valence-electron chi connectivity index (χ4n) is 2.60. The van der Waals surface area contributed by atoms with E-state index in [2.05, 4.69) is 25.6 Å². The van der Waals surface area contributed by atoms with E-state index in [1.54, 1.807) is 6.20 Å². The van der Waals surface area contributed by atoms with E-state index in [-0.39, 0.29) is 17.7 Å². The van der Waals surface area contributed by atoms with Gasteiger partial charge in [-0.15, -0.1) is 5.10 Å². The molecule has 122 valence electrons. The molecule has 0 bridgehead atoms. The van der Waals surface area contributed by atoms with Crippen LogP contribution in [-0.4, -0.2) is 47.0 Å². The lowest BCUT2D eigenvalue weighted by Gasteiger charge is -2.33. The number of anilines is 1. The lowest BCUT2D eigenvalue weighted by atomic mass is 10.1. The summed E-state index contributed by atoms with van der Waals surface area (Å²) < 4.78 is 10.2. The molecule has 1 saturated heterocycles. The lowest BCUT2D eigenvalue weighted by molar-refractivity contribution is 0.0895. The monoisotopic (exact) mass is 317 g/mol. The molecule has 8 heteroatoms. The van der Waals surface area contributed by atoms with E-state index in [9.17, 15) is 4.79 Å². The third-order valence-corrected chi connectivity index (χ3v) is 3.64. The van der Waals surface area contributed by atoms with Crippen LogP contribution >= 0.6 is 0 Å². The smallest absolute Gasteiger partial charge is 0.290 e. The first-order chi connectivity index (χ1) is 11.3. The number of carbonyl (C=O) groups excluding carboxylic acids is 1. The fourth-order valence-corrected chi connectivity index (χ4v) is 2.60. The quantitative estimate of drug-likeness (QED) is 0.887. The molecule has 8 nitrogen and oxygen atoms in total. The van der Waals surface area contributed by atoms with Gasteiger partial charge in [0, 0.05) is 25.3 Å². The van der Waals surface area contributed by atoms with Gasteiger partial charge >= 0.3 is 0 Å². The molecule has 1 fully saturated rings. The van der Waals surface area contributed by atoms with Gasteiger partial charge in [0.2, 0.25) is 5.76 Å². The number of piperidine rings is 1. The minimum atomic E-state index is -0.283.